The van der Waals surface area contributed by atoms with Crippen LogP contribution in [0.25, 0.3) is 10.9 Å². The zero-order chi connectivity index (χ0) is 12.7. The van der Waals surface area contributed by atoms with Crippen molar-refractivity contribution in [3.63, 3.8) is 0 Å². The minimum absolute atomic E-state index is 0.253. The van der Waals surface area contributed by atoms with Crippen molar-refractivity contribution in [3.8, 4) is 0 Å². The van der Waals surface area contributed by atoms with Crippen molar-refractivity contribution in [2.45, 2.75) is 26.4 Å². The predicted octanol–water partition coefficient (Wildman–Crippen LogP) is 1.95. The lowest BCUT2D eigenvalue weighted by molar-refractivity contribution is 0.237. The number of nitrogens with zero attached hydrogens (tertiary/aromatic N) is 1. The molecule has 0 saturated carbocycles. The largest absolute Gasteiger partial charge is 0.396 e. The average Bonchev–Trinajstić information content (AvgIpc) is 2.93. The second kappa shape index (κ2) is 4.41. The molecule has 2 aromatic rings. The number of aromatic nitrogens is 1. The van der Waals surface area contributed by atoms with Crippen LogP contribution in [0.2, 0.25) is 0 Å². The Morgan fingerprint density at radius 3 is 2.78 bits per heavy atom. The maximum absolute atomic E-state index is 9.21. The van der Waals surface area contributed by atoms with E-state index in [-0.39, 0.29) is 6.61 Å². The van der Waals surface area contributed by atoms with Gasteiger partial charge < -0.3 is 15.0 Å². The lowest BCUT2D eigenvalue weighted by atomic mass is 9.99. The third kappa shape index (κ3) is 1.84. The molecule has 0 spiro atoms. The van der Waals surface area contributed by atoms with Crippen molar-refractivity contribution in [3.05, 3.63) is 35.0 Å². The van der Waals surface area contributed by atoms with E-state index in [1.807, 2.05) is 0 Å². The van der Waals surface area contributed by atoms with E-state index in [9.17, 15) is 5.11 Å². The van der Waals surface area contributed by atoms with Crippen molar-refractivity contribution in [1.82, 2.24) is 9.88 Å². The molecule has 2 heterocycles. The summed E-state index contributed by atoms with van der Waals surface area (Å²) in [5.74, 6) is 0.321. The standard InChI is InChI=1S/C15H20N2O/c1-10(9-18)3-13-8-17(2)15-5-12-7-16-6-11(12)4-14(13)15/h4-5,8,10,16,18H,3,6-7,9H2,1-2H3. The van der Waals surface area contributed by atoms with Gasteiger partial charge in [0.15, 0.2) is 0 Å². The monoisotopic (exact) mass is 244 g/mol. The first-order chi connectivity index (χ1) is 8.69. The minimum atomic E-state index is 0.253. The number of hydrogen-bond acceptors (Lipinski definition) is 2. The Labute approximate surface area is 107 Å². The molecular weight excluding hydrogens is 224 g/mol. The van der Waals surface area contributed by atoms with E-state index in [4.69, 9.17) is 0 Å². The zero-order valence-corrected chi connectivity index (χ0v) is 11.0. The first-order valence-electron chi connectivity index (χ1n) is 6.60. The molecule has 0 radical (unpaired) electrons. The molecule has 1 aliphatic rings. The van der Waals surface area contributed by atoms with Crippen LogP contribution in [0.1, 0.15) is 23.6 Å². The van der Waals surface area contributed by atoms with Crippen LogP contribution < -0.4 is 5.32 Å². The van der Waals surface area contributed by atoms with Gasteiger partial charge in [-0.05, 0) is 41.2 Å². The van der Waals surface area contributed by atoms with Gasteiger partial charge in [-0.2, -0.15) is 0 Å². The quantitative estimate of drug-likeness (QED) is 0.866. The molecule has 1 aromatic heterocycles. The minimum Gasteiger partial charge on any atom is -0.396 e. The molecule has 3 rings (SSSR count). The number of aryl methyl sites for hydroxylation is 1. The number of aliphatic hydroxyl groups is 1. The van der Waals surface area contributed by atoms with Gasteiger partial charge >= 0.3 is 0 Å². The average molecular weight is 244 g/mol. The van der Waals surface area contributed by atoms with E-state index >= 15 is 0 Å². The summed E-state index contributed by atoms with van der Waals surface area (Å²) >= 11 is 0. The molecule has 18 heavy (non-hydrogen) atoms. The highest BCUT2D eigenvalue weighted by Gasteiger charge is 2.15. The van der Waals surface area contributed by atoms with Gasteiger partial charge in [-0.1, -0.05) is 6.92 Å². The fourth-order valence-electron chi connectivity index (χ4n) is 2.86. The third-order valence-corrected chi connectivity index (χ3v) is 3.90. The number of fused-ring (bicyclic) bond motifs is 2. The van der Waals surface area contributed by atoms with Crippen LogP contribution in [0.3, 0.4) is 0 Å². The molecule has 3 heteroatoms. The fraction of sp³-hybridized carbons (Fsp3) is 0.467. The lowest BCUT2D eigenvalue weighted by Gasteiger charge is -2.06. The van der Waals surface area contributed by atoms with Gasteiger partial charge in [0, 0.05) is 43.8 Å². The van der Waals surface area contributed by atoms with Crippen LogP contribution in [-0.2, 0) is 26.6 Å². The molecule has 0 bridgehead atoms. The highest BCUT2D eigenvalue weighted by molar-refractivity contribution is 5.85. The Kier molecular flexibility index (Phi) is 2.88. The molecule has 1 unspecified atom stereocenters. The maximum Gasteiger partial charge on any atom is 0.0484 e. The van der Waals surface area contributed by atoms with E-state index in [0.717, 1.165) is 19.5 Å². The summed E-state index contributed by atoms with van der Waals surface area (Å²) in [5, 5.41) is 14.0. The molecule has 0 saturated heterocycles. The topological polar surface area (TPSA) is 37.2 Å². The first-order valence-corrected chi connectivity index (χ1v) is 6.60. The molecule has 1 aromatic carbocycles. The van der Waals surface area contributed by atoms with Crippen molar-refractivity contribution >= 4 is 10.9 Å². The van der Waals surface area contributed by atoms with Gasteiger partial charge in [-0.3, -0.25) is 0 Å². The second-order valence-corrected chi connectivity index (χ2v) is 5.50. The molecule has 2 N–H and O–H groups in total. The summed E-state index contributed by atoms with van der Waals surface area (Å²) in [7, 11) is 2.10. The van der Waals surface area contributed by atoms with Gasteiger partial charge in [0.05, 0.1) is 0 Å². The summed E-state index contributed by atoms with van der Waals surface area (Å²) in [5.41, 5.74) is 5.50. The number of benzene rings is 1. The molecule has 1 aliphatic heterocycles. The van der Waals surface area contributed by atoms with E-state index in [1.165, 1.54) is 27.6 Å². The molecule has 3 nitrogen and oxygen atoms in total. The van der Waals surface area contributed by atoms with E-state index in [2.05, 4.69) is 42.2 Å². The highest BCUT2D eigenvalue weighted by Crippen LogP contribution is 2.28. The Morgan fingerprint density at radius 2 is 2.06 bits per heavy atom. The van der Waals surface area contributed by atoms with Gasteiger partial charge in [0.1, 0.15) is 0 Å². The van der Waals surface area contributed by atoms with Crippen molar-refractivity contribution in [2.24, 2.45) is 13.0 Å². The lowest BCUT2D eigenvalue weighted by Crippen LogP contribution is -2.04. The Morgan fingerprint density at radius 1 is 1.33 bits per heavy atom. The first kappa shape index (κ1) is 11.8. The Hall–Kier alpha value is -1.32. The van der Waals surface area contributed by atoms with E-state index in [0.29, 0.717) is 5.92 Å². The number of nitrogens with one attached hydrogen (secondary N) is 1. The van der Waals surface area contributed by atoms with Crippen molar-refractivity contribution in [2.75, 3.05) is 6.61 Å². The predicted molar refractivity (Wildman–Crippen MR) is 73.4 cm³/mol. The SMILES string of the molecule is CC(CO)Cc1cn(C)c2cc3c(cc12)CNC3. The maximum atomic E-state index is 9.21. The molecule has 96 valence electrons. The molecule has 1 atom stereocenters. The van der Waals surface area contributed by atoms with E-state index < -0.39 is 0 Å². The second-order valence-electron chi connectivity index (χ2n) is 5.50. The van der Waals surface area contributed by atoms with Crippen LogP contribution in [0.4, 0.5) is 0 Å². The van der Waals surface area contributed by atoms with Crippen LogP contribution in [0, 0.1) is 5.92 Å². The Bertz CT molecular complexity index is 586. The normalized spacial score (nSPS) is 16.2. The van der Waals surface area contributed by atoms with Crippen molar-refractivity contribution in [1.29, 1.82) is 0 Å². The molecule has 0 aliphatic carbocycles. The van der Waals surface area contributed by atoms with Crippen LogP contribution >= 0.6 is 0 Å². The van der Waals surface area contributed by atoms with Crippen LogP contribution in [0.5, 0.6) is 0 Å². The third-order valence-electron chi connectivity index (χ3n) is 3.90. The van der Waals surface area contributed by atoms with Crippen molar-refractivity contribution < 1.29 is 5.11 Å². The summed E-state index contributed by atoms with van der Waals surface area (Å²) in [6.45, 7) is 4.31. The summed E-state index contributed by atoms with van der Waals surface area (Å²) in [4.78, 5) is 0. The summed E-state index contributed by atoms with van der Waals surface area (Å²) in [6.07, 6.45) is 3.15. The van der Waals surface area contributed by atoms with Gasteiger partial charge in [0.25, 0.3) is 0 Å². The summed E-state index contributed by atoms with van der Waals surface area (Å²) in [6, 6.07) is 4.63. The number of hydrogen-bond donors (Lipinski definition) is 2. The summed E-state index contributed by atoms with van der Waals surface area (Å²) < 4.78 is 2.20. The van der Waals surface area contributed by atoms with Gasteiger partial charge in [-0.15, -0.1) is 0 Å². The van der Waals surface area contributed by atoms with Gasteiger partial charge in [-0.25, -0.2) is 0 Å². The van der Waals surface area contributed by atoms with Crippen LogP contribution in [-0.4, -0.2) is 16.3 Å². The molecular formula is C15H20N2O. The number of aliphatic hydroxyl groups excluding tert-OH is 1. The van der Waals surface area contributed by atoms with Crippen LogP contribution in [0.15, 0.2) is 18.3 Å². The highest BCUT2D eigenvalue weighted by atomic mass is 16.3. The molecule has 0 fully saturated rings. The Balaban J connectivity index is 2.10. The smallest absolute Gasteiger partial charge is 0.0484 e. The molecule has 0 amide bonds. The number of rotatable bonds is 3. The van der Waals surface area contributed by atoms with Gasteiger partial charge in [0.2, 0.25) is 0 Å². The van der Waals surface area contributed by atoms with E-state index in [1.54, 1.807) is 0 Å². The zero-order valence-electron chi connectivity index (χ0n) is 11.0. The fourth-order valence-corrected chi connectivity index (χ4v) is 2.86.